The minimum absolute atomic E-state index is 0.395. The van der Waals surface area contributed by atoms with Gasteiger partial charge in [0.25, 0.3) is 0 Å². The molecule has 1 aliphatic rings. The molecule has 0 aliphatic carbocycles. The number of ether oxygens (including phenoxy) is 2. The highest BCUT2D eigenvalue weighted by molar-refractivity contribution is 4.89. The van der Waals surface area contributed by atoms with Gasteiger partial charge in [-0.25, -0.2) is 0 Å². The minimum Gasteiger partial charge on any atom is -0.394 e. The molecule has 1 saturated heterocycles. The van der Waals surface area contributed by atoms with E-state index >= 15 is 0 Å². The van der Waals surface area contributed by atoms with Crippen LogP contribution in [-0.2, 0) is 9.47 Å². The highest BCUT2D eigenvalue weighted by Crippen LogP contribution is 2.25. The van der Waals surface area contributed by atoms with Crippen molar-refractivity contribution in [2.45, 2.75) is 173 Å². The van der Waals surface area contributed by atoms with Crippen LogP contribution in [0.15, 0.2) is 0 Å². The molecule has 6 atom stereocenters. The predicted octanol–water partition coefficient (Wildman–Crippen LogP) is 6.26. The van der Waals surface area contributed by atoms with Gasteiger partial charge in [0.15, 0.2) is 6.29 Å². The summed E-state index contributed by atoms with van der Waals surface area (Å²) >= 11 is 0. The molecule has 6 heteroatoms. The van der Waals surface area contributed by atoms with Crippen LogP contribution in [0.4, 0.5) is 0 Å². The first-order chi connectivity index (χ1) is 17.5. The van der Waals surface area contributed by atoms with E-state index in [-0.39, 0.29) is 0 Å². The predicted molar refractivity (Wildman–Crippen MR) is 147 cm³/mol. The number of unbranched alkanes of at least 4 members (excludes halogenated alkanes) is 16. The Morgan fingerprint density at radius 2 is 1.00 bits per heavy atom. The first-order valence-electron chi connectivity index (χ1n) is 15.5. The second kappa shape index (κ2) is 22.7. The van der Waals surface area contributed by atoms with Crippen molar-refractivity contribution in [1.82, 2.24) is 0 Å². The largest absolute Gasteiger partial charge is 0.394 e. The van der Waals surface area contributed by atoms with Crippen LogP contribution >= 0.6 is 0 Å². The van der Waals surface area contributed by atoms with Crippen LogP contribution in [0.2, 0.25) is 0 Å². The maximum Gasteiger partial charge on any atom is 0.186 e. The number of aliphatic hydroxyl groups is 4. The summed E-state index contributed by atoms with van der Waals surface area (Å²) in [6, 6.07) is 0. The summed E-state index contributed by atoms with van der Waals surface area (Å²) in [4.78, 5) is 0. The van der Waals surface area contributed by atoms with E-state index in [9.17, 15) is 20.4 Å². The monoisotopic (exact) mass is 516 g/mol. The molecule has 36 heavy (non-hydrogen) atoms. The number of aliphatic hydroxyl groups excluding tert-OH is 4. The Morgan fingerprint density at radius 3 is 1.42 bits per heavy atom. The number of hydrogen-bond donors (Lipinski definition) is 4. The van der Waals surface area contributed by atoms with E-state index in [2.05, 4.69) is 13.8 Å². The smallest absolute Gasteiger partial charge is 0.186 e. The van der Waals surface area contributed by atoms with E-state index in [0.29, 0.717) is 12.5 Å². The molecule has 0 saturated carbocycles. The Kier molecular flexibility index (Phi) is 21.3. The van der Waals surface area contributed by atoms with Crippen LogP contribution < -0.4 is 0 Å². The SMILES string of the molecule is CCCCCCCCCCCCC(CCCCCCCCCC)CO[C@H]1O[C@H](CO)[C@@H](O)[C@H](O)[C@@H]1O. The van der Waals surface area contributed by atoms with Crippen molar-refractivity contribution >= 4 is 0 Å². The molecule has 0 amide bonds. The highest BCUT2D eigenvalue weighted by atomic mass is 16.7. The van der Waals surface area contributed by atoms with Gasteiger partial charge in [0.1, 0.15) is 24.4 Å². The van der Waals surface area contributed by atoms with E-state index < -0.39 is 37.3 Å². The van der Waals surface area contributed by atoms with Crippen molar-refractivity contribution in [2.75, 3.05) is 13.2 Å². The third kappa shape index (κ3) is 15.2. The third-order valence-electron chi connectivity index (χ3n) is 7.78. The van der Waals surface area contributed by atoms with E-state index in [1.165, 1.54) is 116 Å². The molecule has 0 aromatic rings. The van der Waals surface area contributed by atoms with Crippen molar-refractivity contribution < 1.29 is 29.9 Å². The first kappa shape index (κ1) is 33.8. The van der Waals surface area contributed by atoms with Crippen molar-refractivity contribution in [3.63, 3.8) is 0 Å². The van der Waals surface area contributed by atoms with Gasteiger partial charge in [0.2, 0.25) is 0 Å². The zero-order valence-corrected chi connectivity index (χ0v) is 23.6. The number of hydrogen-bond acceptors (Lipinski definition) is 6. The topological polar surface area (TPSA) is 99.4 Å². The average Bonchev–Trinajstić information content (AvgIpc) is 2.88. The van der Waals surface area contributed by atoms with Crippen LogP contribution in [0.1, 0.15) is 142 Å². The molecule has 6 nitrogen and oxygen atoms in total. The molecule has 0 radical (unpaired) electrons. The Balaban J connectivity index is 2.35. The molecule has 4 N–H and O–H groups in total. The molecule has 1 aliphatic heterocycles. The second-order valence-electron chi connectivity index (χ2n) is 11.1. The lowest BCUT2D eigenvalue weighted by atomic mass is 9.94. The lowest BCUT2D eigenvalue weighted by Crippen LogP contribution is -2.59. The van der Waals surface area contributed by atoms with Gasteiger partial charge in [0, 0.05) is 0 Å². The van der Waals surface area contributed by atoms with E-state index in [1.807, 2.05) is 0 Å². The summed E-state index contributed by atoms with van der Waals surface area (Å²) in [5.74, 6) is 0.395. The normalized spacial score (nSPS) is 25.3. The molecule has 0 aromatic carbocycles. The van der Waals surface area contributed by atoms with Gasteiger partial charge in [-0.1, -0.05) is 129 Å². The number of rotatable bonds is 24. The maximum atomic E-state index is 10.3. The molecule has 0 aromatic heterocycles. The lowest BCUT2D eigenvalue weighted by Gasteiger charge is -2.40. The van der Waals surface area contributed by atoms with Crippen LogP contribution in [0.3, 0.4) is 0 Å². The van der Waals surface area contributed by atoms with Crippen molar-refractivity contribution in [3.05, 3.63) is 0 Å². The van der Waals surface area contributed by atoms with Crippen molar-refractivity contribution in [1.29, 1.82) is 0 Å². The standard InChI is InChI=1S/C30H60O6/c1-3-5-7-9-11-13-14-16-18-20-22-25(21-19-17-15-12-10-8-6-4-2)24-35-30-29(34)28(33)27(32)26(23-31)36-30/h25-34H,3-24H2,1-2H3/t25?,26-,27-,28+,29+,30+/m1/s1. The zero-order chi connectivity index (χ0) is 26.4. The van der Waals surface area contributed by atoms with Gasteiger partial charge in [0.05, 0.1) is 13.2 Å². The van der Waals surface area contributed by atoms with Gasteiger partial charge >= 0.3 is 0 Å². The Bertz CT molecular complexity index is 474. The van der Waals surface area contributed by atoms with E-state index in [4.69, 9.17) is 9.47 Å². The molecular formula is C30H60O6. The fourth-order valence-electron chi connectivity index (χ4n) is 5.23. The van der Waals surface area contributed by atoms with Crippen LogP contribution in [0.5, 0.6) is 0 Å². The first-order valence-corrected chi connectivity index (χ1v) is 15.5. The van der Waals surface area contributed by atoms with Gasteiger partial charge in [-0.2, -0.15) is 0 Å². The third-order valence-corrected chi connectivity index (χ3v) is 7.78. The molecule has 1 heterocycles. The molecule has 0 spiro atoms. The summed E-state index contributed by atoms with van der Waals surface area (Å²) in [5, 5.41) is 39.8. The van der Waals surface area contributed by atoms with Crippen LogP contribution in [0, 0.1) is 5.92 Å². The summed E-state index contributed by atoms with van der Waals surface area (Å²) < 4.78 is 11.5. The summed E-state index contributed by atoms with van der Waals surface area (Å²) in [6.45, 7) is 4.56. The van der Waals surface area contributed by atoms with Gasteiger partial charge in [-0.15, -0.1) is 0 Å². The van der Waals surface area contributed by atoms with Gasteiger partial charge in [-0.05, 0) is 18.8 Å². The Labute approximate surface area is 222 Å². The maximum absolute atomic E-state index is 10.3. The highest BCUT2D eigenvalue weighted by Gasteiger charge is 2.44. The summed E-state index contributed by atoms with van der Waals surface area (Å²) in [6.07, 6.45) is 19.8. The fourth-order valence-corrected chi connectivity index (χ4v) is 5.23. The van der Waals surface area contributed by atoms with Crippen LogP contribution in [-0.4, -0.2) is 64.3 Å². The average molecular weight is 517 g/mol. The van der Waals surface area contributed by atoms with Gasteiger partial charge < -0.3 is 29.9 Å². The zero-order valence-electron chi connectivity index (χ0n) is 23.6. The molecule has 216 valence electrons. The molecule has 1 fully saturated rings. The van der Waals surface area contributed by atoms with Crippen molar-refractivity contribution in [3.8, 4) is 0 Å². The van der Waals surface area contributed by atoms with Crippen LogP contribution in [0.25, 0.3) is 0 Å². The fraction of sp³-hybridized carbons (Fsp3) is 1.00. The molecule has 0 bridgehead atoms. The van der Waals surface area contributed by atoms with Gasteiger partial charge in [-0.3, -0.25) is 0 Å². The van der Waals surface area contributed by atoms with E-state index in [0.717, 1.165) is 12.8 Å². The lowest BCUT2D eigenvalue weighted by molar-refractivity contribution is -0.303. The molecule has 1 unspecified atom stereocenters. The van der Waals surface area contributed by atoms with Crippen molar-refractivity contribution in [2.24, 2.45) is 5.92 Å². The quantitative estimate of drug-likeness (QED) is 0.113. The minimum atomic E-state index is -1.38. The second-order valence-corrected chi connectivity index (χ2v) is 11.1. The Hall–Kier alpha value is -0.240. The van der Waals surface area contributed by atoms with E-state index in [1.54, 1.807) is 0 Å². The Morgan fingerprint density at radius 1 is 0.583 bits per heavy atom. The summed E-state index contributed by atoms with van der Waals surface area (Å²) in [7, 11) is 0. The summed E-state index contributed by atoms with van der Waals surface area (Å²) in [5.41, 5.74) is 0. The molecule has 1 rings (SSSR count). The molecular weight excluding hydrogens is 456 g/mol.